The van der Waals surface area contributed by atoms with Gasteiger partial charge in [0, 0.05) is 36.7 Å². The zero-order valence-corrected chi connectivity index (χ0v) is 19.1. The minimum Gasteiger partial charge on any atom is -0.411 e. The van der Waals surface area contributed by atoms with E-state index in [4.69, 9.17) is 4.43 Å². The van der Waals surface area contributed by atoms with Crippen molar-refractivity contribution in [3.05, 3.63) is 42.1 Å². The Kier molecular flexibility index (Phi) is 6.44. The molecule has 164 valence electrons. The molecule has 0 spiro atoms. The lowest BCUT2D eigenvalue weighted by Gasteiger charge is -2.40. The van der Waals surface area contributed by atoms with Crippen molar-refractivity contribution in [3.63, 3.8) is 0 Å². The molecule has 1 fully saturated rings. The maximum atomic E-state index is 15.5. The van der Waals surface area contributed by atoms with Crippen molar-refractivity contribution >= 4 is 19.9 Å². The van der Waals surface area contributed by atoms with Crippen LogP contribution in [0.2, 0.25) is 18.1 Å². The summed E-state index contributed by atoms with van der Waals surface area (Å²) in [6, 6.07) is 1.04. The third kappa shape index (κ3) is 4.47. The average molecular weight is 435 g/mol. The molecule has 1 aliphatic carbocycles. The molecular formula is C21H31FN4O3Si. The number of carbonyl (C=O) groups excluding carboxylic acids is 1. The van der Waals surface area contributed by atoms with Gasteiger partial charge in [-0.1, -0.05) is 20.8 Å². The van der Waals surface area contributed by atoms with Crippen molar-refractivity contribution in [2.24, 2.45) is 5.92 Å². The molecule has 2 aromatic rings. The van der Waals surface area contributed by atoms with Crippen LogP contribution in [-0.4, -0.2) is 59.1 Å². The van der Waals surface area contributed by atoms with Crippen LogP contribution < -0.4 is 5.32 Å². The second-order valence-electron chi connectivity index (χ2n) is 9.43. The largest absolute Gasteiger partial charge is 0.411 e. The third-order valence-electron chi connectivity index (χ3n) is 6.33. The number of rotatable bonds is 7. The van der Waals surface area contributed by atoms with Gasteiger partial charge in [-0.05, 0) is 30.6 Å². The normalized spacial score (nSPS) is 24.8. The van der Waals surface area contributed by atoms with Gasteiger partial charge in [0.15, 0.2) is 14.1 Å². The van der Waals surface area contributed by atoms with E-state index in [9.17, 15) is 9.90 Å². The van der Waals surface area contributed by atoms with Crippen molar-refractivity contribution in [1.29, 1.82) is 0 Å². The smallest absolute Gasteiger partial charge is 0.199 e. The SMILES string of the molecule is CC(C)(C)[Si](C)(C)O[C@@H]1[C@@H](CO)C[C@@H](Nc2ncncc2C(=O)c2cc[nH]c2)[C@H]1F. The van der Waals surface area contributed by atoms with E-state index in [1.165, 1.54) is 12.5 Å². The summed E-state index contributed by atoms with van der Waals surface area (Å²) in [7, 11) is -2.22. The first-order chi connectivity index (χ1) is 14.0. The van der Waals surface area contributed by atoms with Crippen molar-refractivity contribution in [2.75, 3.05) is 11.9 Å². The molecule has 0 amide bonds. The fraction of sp³-hybridized carbons (Fsp3) is 0.571. The number of hydrogen-bond donors (Lipinski definition) is 3. The first-order valence-electron chi connectivity index (χ1n) is 10.2. The molecule has 3 rings (SSSR count). The monoisotopic (exact) mass is 434 g/mol. The quantitative estimate of drug-likeness (QED) is 0.455. The highest BCUT2D eigenvalue weighted by Gasteiger charge is 2.49. The molecule has 0 aromatic carbocycles. The standard InChI is InChI=1S/C21H31FN4O3Si/c1-21(2,3)30(4,5)29-19-14(11-27)8-16(17(19)22)26-20-15(10-24-12-25-20)18(28)13-6-7-23-9-13/h6-7,9-10,12,14,16-17,19,23,27H,8,11H2,1-5H3,(H,24,25,26)/t14-,16-,17-,19-/m1/s1. The highest BCUT2D eigenvalue weighted by molar-refractivity contribution is 6.74. The summed E-state index contributed by atoms with van der Waals surface area (Å²) < 4.78 is 21.8. The molecule has 7 nitrogen and oxygen atoms in total. The summed E-state index contributed by atoms with van der Waals surface area (Å²) in [5.74, 6) is -0.286. The van der Waals surface area contributed by atoms with E-state index in [1.807, 2.05) is 0 Å². The first kappa shape index (κ1) is 22.6. The number of nitrogens with one attached hydrogen (secondary N) is 2. The molecule has 2 heterocycles. The number of anilines is 1. The van der Waals surface area contributed by atoms with Crippen molar-refractivity contribution in [2.45, 2.75) is 63.6 Å². The lowest BCUT2D eigenvalue weighted by atomic mass is 10.1. The lowest BCUT2D eigenvalue weighted by molar-refractivity contribution is 0.0530. The van der Waals surface area contributed by atoms with Gasteiger partial charge >= 0.3 is 0 Å². The van der Waals surface area contributed by atoms with E-state index < -0.39 is 26.6 Å². The maximum absolute atomic E-state index is 15.5. The number of hydrogen-bond acceptors (Lipinski definition) is 6. The maximum Gasteiger partial charge on any atom is 0.199 e. The zero-order valence-electron chi connectivity index (χ0n) is 18.1. The van der Waals surface area contributed by atoms with Crippen LogP contribution in [0.15, 0.2) is 31.0 Å². The van der Waals surface area contributed by atoms with Crippen LogP contribution in [0.4, 0.5) is 10.2 Å². The van der Waals surface area contributed by atoms with Crippen molar-refractivity contribution in [3.8, 4) is 0 Å². The number of aromatic amines is 1. The number of H-pyrrole nitrogens is 1. The molecule has 4 atom stereocenters. The van der Waals surface area contributed by atoms with Gasteiger partial charge in [-0.25, -0.2) is 14.4 Å². The van der Waals surface area contributed by atoms with Gasteiger partial charge in [-0.2, -0.15) is 0 Å². The van der Waals surface area contributed by atoms with E-state index in [1.54, 1.807) is 18.5 Å². The van der Waals surface area contributed by atoms with Crippen LogP contribution in [0.1, 0.15) is 43.1 Å². The van der Waals surface area contributed by atoms with Gasteiger partial charge in [0.25, 0.3) is 0 Å². The molecule has 3 N–H and O–H groups in total. The van der Waals surface area contributed by atoms with Gasteiger partial charge in [-0.15, -0.1) is 0 Å². The number of nitrogens with zero attached hydrogens (tertiary/aromatic N) is 2. The van der Waals surface area contributed by atoms with E-state index in [2.05, 4.69) is 54.1 Å². The lowest BCUT2D eigenvalue weighted by Crippen LogP contribution is -2.48. The van der Waals surface area contributed by atoms with Gasteiger partial charge in [0.2, 0.25) is 0 Å². The summed E-state index contributed by atoms with van der Waals surface area (Å²) in [5.41, 5.74) is 0.752. The number of aliphatic hydroxyl groups excluding tert-OH is 1. The summed E-state index contributed by atoms with van der Waals surface area (Å²) in [6.07, 6.45) is 4.37. The highest BCUT2D eigenvalue weighted by Crippen LogP contribution is 2.42. The zero-order chi connectivity index (χ0) is 22.1. The van der Waals surface area contributed by atoms with E-state index in [0.717, 1.165) is 0 Å². The van der Waals surface area contributed by atoms with Crippen LogP contribution in [0.25, 0.3) is 0 Å². The average Bonchev–Trinajstić information content (AvgIpc) is 3.31. The van der Waals surface area contributed by atoms with Crippen LogP contribution >= 0.6 is 0 Å². The Morgan fingerprint density at radius 3 is 2.77 bits per heavy atom. The first-order valence-corrected chi connectivity index (χ1v) is 13.1. The number of ketones is 1. The fourth-order valence-electron chi connectivity index (χ4n) is 3.48. The van der Waals surface area contributed by atoms with Crippen LogP contribution in [0, 0.1) is 5.92 Å². The Morgan fingerprint density at radius 1 is 1.43 bits per heavy atom. The van der Waals surface area contributed by atoms with E-state index in [-0.39, 0.29) is 34.7 Å². The Labute approximate surface area is 177 Å². The summed E-state index contributed by atoms with van der Waals surface area (Å²) >= 11 is 0. The predicted octanol–water partition coefficient (Wildman–Crippen LogP) is 3.56. The Balaban J connectivity index is 1.81. The molecule has 0 saturated heterocycles. The molecule has 0 bridgehead atoms. The molecule has 1 aliphatic rings. The summed E-state index contributed by atoms with van der Waals surface area (Å²) in [5, 5.41) is 12.9. The molecule has 1 saturated carbocycles. The second-order valence-corrected chi connectivity index (χ2v) is 14.2. The molecule has 0 radical (unpaired) electrons. The molecule has 0 unspecified atom stereocenters. The Morgan fingerprint density at radius 2 is 2.17 bits per heavy atom. The van der Waals surface area contributed by atoms with Gasteiger partial charge in [-0.3, -0.25) is 4.79 Å². The van der Waals surface area contributed by atoms with Gasteiger partial charge in [0.1, 0.15) is 18.3 Å². The molecule has 2 aromatic heterocycles. The van der Waals surface area contributed by atoms with Crippen LogP contribution in [0.3, 0.4) is 0 Å². The summed E-state index contributed by atoms with van der Waals surface area (Å²) in [4.78, 5) is 23.8. The minimum atomic E-state index is -2.22. The predicted molar refractivity (Wildman–Crippen MR) is 116 cm³/mol. The van der Waals surface area contributed by atoms with Gasteiger partial charge in [0.05, 0.1) is 17.7 Å². The third-order valence-corrected chi connectivity index (χ3v) is 10.8. The van der Waals surface area contributed by atoms with Crippen LogP contribution in [-0.2, 0) is 4.43 Å². The number of aliphatic hydroxyl groups is 1. The Bertz CT molecular complexity index is 869. The molecule has 9 heteroatoms. The number of carbonyl (C=O) groups is 1. The van der Waals surface area contributed by atoms with E-state index in [0.29, 0.717) is 12.0 Å². The molecule has 0 aliphatic heterocycles. The number of halogens is 1. The fourth-order valence-corrected chi connectivity index (χ4v) is 4.84. The number of alkyl halides is 1. The summed E-state index contributed by atoms with van der Waals surface area (Å²) in [6.45, 7) is 10.3. The number of aromatic nitrogens is 3. The topological polar surface area (TPSA) is 100 Å². The Hall–Kier alpha value is -2.10. The van der Waals surface area contributed by atoms with Crippen molar-refractivity contribution in [1.82, 2.24) is 15.0 Å². The van der Waals surface area contributed by atoms with Crippen molar-refractivity contribution < 1.29 is 18.7 Å². The van der Waals surface area contributed by atoms with Gasteiger partial charge < -0.3 is 19.8 Å². The minimum absolute atomic E-state index is 0.0684. The second kappa shape index (κ2) is 8.56. The molecule has 30 heavy (non-hydrogen) atoms. The highest BCUT2D eigenvalue weighted by atomic mass is 28.4. The molecular weight excluding hydrogens is 403 g/mol. The van der Waals surface area contributed by atoms with E-state index >= 15 is 4.39 Å². The van der Waals surface area contributed by atoms with Crippen LogP contribution in [0.5, 0.6) is 0 Å².